The maximum atomic E-state index is 12.0. The Hall–Kier alpha value is -1.19. The minimum Gasteiger partial charge on any atom is -0.391 e. The first-order valence-electron chi connectivity index (χ1n) is 7.26. The van der Waals surface area contributed by atoms with Crippen LogP contribution in [0, 0.1) is 5.92 Å². The molecule has 0 spiro atoms. The van der Waals surface area contributed by atoms with Crippen LogP contribution in [0.1, 0.15) is 12.8 Å². The number of hydrogen-bond acceptors (Lipinski definition) is 5. The number of sulfonamides is 1. The molecule has 0 heterocycles. The van der Waals surface area contributed by atoms with E-state index in [0.29, 0.717) is 17.9 Å². The first-order chi connectivity index (χ1) is 10.8. The van der Waals surface area contributed by atoms with Gasteiger partial charge in [-0.2, -0.15) is 0 Å². The molecule has 1 fully saturated rings. The first kappa shape index (κ1) is 18.2. The van der Waals surface area contributed by atoms with Gasteiger partial charge in [-0.3, -0.25) is 4.79 Å². The molecule has 0 radical (unpaired) electrons. The summed E-state index contributed by atoms with van der Waals surface area (Å²) in [6, 6.07) is 5.42. The summed E-state index contributed by atoms with van der Waals surface area (Å²) < 4.78 is 26.4. The number of halogens is 1. The van der Waals surface area contributed by atoms with E-state index in [1.54, 1.807) is 0 Å². The van der Waals surface area contributed by atoms with Crippen LogP contribution in [-0.4, -0.2) is 44.7 Å². The second kappa shape index (κ2) is 7.59. The molecule has 3 atom stereocenters. The minimum atomic E-state index is -3.63. The molecule has 0 aliphatic heterocycles. The van der Waals surface area contributed by atoms with Gasteiger partial charge in [-0.15, -0.1) is 0 Å². The number of nitrogens with two attached hydrogens (primary N) is 1. The maximum absolute atomic E-state index is 12.0. The van der Waals surface area contributed by atoms with E-state index in [9.17, 15) is 18.3 Å². The lowest BCUT2D eigenvalue weighted by atomic mass is 10.1. The Bertz CT molecular complexity index is 640. The Labute approximate surface area is 140 Å². The van der Waals surface area contributed by atoms with Crippen LogP contribution in [0.2, 0.25) is 5.02 Å². The second-order valence-electron chi connectivity index (χ2n) is 5.54. The van der Waals surface area contributed by atoms with Gasteiger partial charge in [0.25, 0.3) is 0 Å². The quantitative estimate of drug-likeness (QED) is 0.524. The van der Waals surface area contributed by atoms with Gasteiger partial charge in [0.2, 0.25) is 15.9 Å². The molecule has 2 rings (SSSR count). The molecule has 1 saturated carbocycles. The van der Waals surface area contributed by atoms with Gasteiger partial charge in [-0.05, 0) is 37.1 Å². The molecule has 128 valence electrons. The van der Waals surface area contributed by atoms with Crippen LogP contribution in [-0.2, 0) is 14.8 Å². The van der Waals surface area contributed by atoms with Crippen molar-refractivity contribution in [2.45, 2.75) is 29.9 Å². The fraction of sp³-hybridized carbons (Fsp3) is 0.500. The number of carbonyl (C=O) groups excluding carboxylic acids is 1. The van der Waals surface area contributed by atoms with Crippen molar-refractivity contribution in [1.82, 2.24) is 10.0 Å². The van der Waals surface area contributed by atoms with Crippen molar-refractivity contribution in [2.24, 2.45) is 11.7 Å². The molecule has 1 aliphatic carbocycles. The Balaban J connectivity index is 1.76. The van der Waals surface area contributed by atoms with Crippen LogP contribution in [0.5, 0.6) is 0 Å². The predicted octanol–water partition coefficient (Wildman–Crippen LogP) is -0.167. The Morgan fingerprint density at radius 2 is 1.91 bits per heavy atom. The van der Waals surface area contributed by atoms with Crippen LogP contribution >= 0.6 is 11.6 Å². The van der Waals surface area contributed by atoms with Gasteiger partial charge in [-0.25, -0.2) is 13.1 Å². The lowest BCUT2D eigenvalue weighted by Crippen LogP contribution is -2.37. The van der Waals surface area contributed by atoms with Gasteiger partial charge in [-0.1, -0.05) is 11.6 Å². The summed E-state index contributed by atoms with van der Waals surface area (Å²) in [4.78, 5) is 12.0. The van der Waals surface area contributed by atoms with Crippen molar-refractivity contribution in [2.75, 3.05) is 13.1 Å². The van der Waals surface area contributed by atoms with Crippen molar-refractivity contribution < 1.29 is 18.3 Å². The van der Waals surface area contributed by atoms with E-state index in [1.165, 1.54) is 24.3 Å². The molecule has 7 nitrogen and oxygen atoms in total. The van der Waals surface area contributed by atoms with Crippen LogP contribution in [0.15, 0.2) is 29.2 Å². The summed E-state index contributed by atoms with van der Waals surface area (Å²) in [5.74, 6) is -0.546. The monoisotopic (exact) mass is 361 g/mol. The summed E-state index contributed by atoms with van der Waals surface area (Å²) >= 11 is 5.72. The molecular weight excluding hydrogens is 342 g/mol. The highest BCUT2D eigenvalue weighted by Gasteiger charge is 2.34. The van der Waals surface area contributed by atoms with Gasteiger partial charge in [0, 0.05) is 30.1 Å². The van der Waals surface area contributed by atoms with Gasteiger partial charge in [0.15, 0.2) is 0 Å². The molecule has 9 heteroatoms. The Morgan fingerprint density at radius 1 is 1.26 bits per heavy atom. The van der Waals surface area contributed by atoms with Gasteiger partial charge < -0.3 is 16.2 Å². The molecule has 1 aliphatic rings. The number of aliphatic hydroxyl groups is 1. The summed E-state index contributed by atoms with van der Waals surface area (Å²) in [5.41, 5.74) is 5.66. The smallest absolute Gasteiger partial charge is 0.240 e. The normalized spacial score (nSPS) is 24.6. The van der Waals surface area contributed by atoms with Crippen molar-refractivity contribution >= 4 is 27.5 Å². The number of nitrogens with one attached hydrogen (secondary N) is 2. The molecule has 0 bridgehead atoms. The number of aliphatic hydroxyl groups excluding tert-OH is 1. The highest BCUT2D eigenvalue weighted by molar-refractivity contribution is 7.89. The average molecular weight is 362 g/mol. The maximum Gasteiger partial charge on any atom is 0.240 e. The number of rotatable bonds is 6. The number of carbonyl (C=O) groups is 1. The van der Waals surface area contributed by atoms with Crippen molar-refractivity contribution in [3.05, 3.63) is 29.3 Å². The van der Waals surface area contributed by atoms with E-state index in [-0.39, 0.29) is 35.9 Å². The lowest BCUT2D eigenvalue weighted by Gasteiger charge is -2.11. The zero-order valence-corrected chi connectivity index (χ0v) is 14.0. The van der Waals surface area contributed by atoms with Crippen molar-refractivity contribution in [1.29, 1.82) is 0 Å². The molecule has 0 unspecified atom stereocenters. The van der Waals surface area contributed by atoms with E-state index >= 15 is 0 Å². The zero-order chi connectivity index (χ0) is 17.0. The third-order valence-corrected chi connectivity index (χ3v) is 5.52. The van der Waals surface area contributed by atoms with Crippen molar-refractivity contribution in [3.63, 3.8) is 0 Å². The predicted molar refractivity (Wildman–Crippen MR) is 86.4 cm³/mol. The van der Waals surface area contributed by atoms with Crippen LogP contribution in [0.4, 0.5) is 0 Å². The number of amides is 1. The zero-order valence-electron chi connectivity index (χ0n) is 12.4. The highest BCUT2D eigenvalue weighted by Crippen LogP contribution is 2.24. The molecule has 0 saturated heterocycles. The van der Waals surface area contributed by atoms with Gasteiger partial charge in [0.05, 0.1) is 11.0 Å². The van der Waals surface area contributed by atoms with Gasteiger partial charge in [0.1, 0.15) is 0 Å². The van der Waals surface area contributed by atoms with Crippen LogP contribution in [0.25, 0.3) is 0 Å². The molecule has 1 aromatic carbocycles. The standard InChI is InChI=1S/C14H20ClN3O4S/c15-10-1-3-11(4-2-10)23(21,22)18-6-5-17-14(20)9-7-12(16)13(19)8-9/h1-4,9,12-13,18-19H,5-8,16H2,(H,17,20)/t9-,12+,13+/m0/s1. The highest BCUT2D eigenvalue weighted by atomic mass is 35.5. The van der Waals surface area contributed by atoms with E-state index in [4.69, 9.17) is 17.3 Å². The van der Waals surface area contributed by atoms with Crippen molar-refractivity contribution in [3.8, 4) is 0 Å². The van der Waals surface area contributed by atoms with E-state index in [2.05, 4.69) is 10.0 Å². The summed E-state index contributed by atoms with van der Waals surface area (Å²) in [5, 5.41) is 12.6. The third-order valence-electron chi connectivity index (χ3n) is 3.79. The number of benzene rings is 1. The largest absolute Gasteiger partial charge is 0.391 e. The topological polar surface area (TPSA) is 122 Å². The summed E-state index contributed by atoms with van der Waals surface area (Å²) in [6.45, 7) is 0.228. The minimum absolute atomic E-state index is 0.0675. The molecule has 23 heavy (non-hydrogen) atoms. The number of hydrogen-bond donors (Lipinski definition) is 4. The lowest BCUT2D eigenvalue weighted by molar-refractivity contribution is -0.125. The third kappa shape index (κ3) is 4.89. The summed E-state index contributed by atoms with van der Waals surface area (Å²) in [6.07, 6.45) is 0.113. The van der Waals surface area contributed by atoms with E-state index in [0.717, 1.165) is 0 Å². The molecule has 1 aromatic rings. The molecular formula is C14H20ClN3O4S. The van der Waals surface area contributed by atoms with E-state index < -0.39 is 16.1 Å². The van der Waals surface area contributed by atoms with Gasteiger partial charge >= 0.3 is 0 Å². The average Bonchev–Trinajstić information content (AvgIpc) is 2.83. The Morgan fingerprint density at radius 3 is 2.48 bits per heavy atom. The molecule has 1 amide bonds. The fourth-order valence-corrected chi connectivity index (χ4v) is 3.63. The Kier molecular flexibility index (Phi) is 5.99. The SMILES string of the molecule is N[C@@H]1C[C@H](C(=O)NCCNS(=O)(=O)c2ccc(Cl)cc2)C[C@H]1O. The summed E-state index contributed by atoms with van der Waals surface area (Å²) in [7, 11) is -3.63. The van der Waals surface area contributed by atoms with Crippen LogP contribution < -0.4 is 15.8 Å². The molecule has 0 aromatic heterocycles. The van der Waals surface area contributed by atoms with Crippen LogP contribution in [0.3, 0.4) is 0 Å². The first-order valence-corrected chi connectivity index (χ1v) is 9.12. The second-order valence-corrected chi connectivity index (χ2v) is 7.75. The van der Waals surface area contributed by atoms with E-state index in [1.807, 2.05) is 0 Å². The molecule has 5 N–H and O–H groups in total. The fourth-order valence-electron chi connectivity index (χ4n) is 2.47.